The highest BCUT2D eigenvalue weighted by atomic mass is 16.5. The third-order valence-electron chi connectivity index (χ3n) is 3.62. The zero-order valence-corrected chi connectivity index (χ0v) is 12.3. The predicted octanol–water partition coefficient (Wildman–Crippen LogP) is 1.27. The highest BCUT2D eigenvalue weighted by molar-refractivity contribution is 5.91. The second kappa shape index (κ2) is 5.69. The highest BCUT2D eigenvalue weighted by Crippen LogP contribution is 2.23. The van der Waals surface area contributed by atoms with Gasteiger partial charge in [-0.05, 0) is 38.8 Å². The number of fused-ring (bicyclic) bond motifs is 1. The number of likely N-dealkylation sites (N-methyl/N-ethyl adjacent to an activating group) is 1. The summed E-state index contributed by atoms with van der Waals surface area (Å²) in [6, 6.07) is 1.69. The average molecular weight is 289 g/mol. The second-order valence-corrected chi connectivity index (χ2v) is 5.52. The molecule has 0 spiro atoms. The number of rotatable bonds is 5. The van der Waals surface area contributed by atoms with E-state index >= 15 is 0 Å². The number of hydrogen-bond donors (Lipinski definition) is 2. The molecule has 0 atom stereocenters. The van der Waals surface area contributed by atoms with E-state index in [9.17, 15) is 4.79 Å². The first-order valence-electron chi connectivity index (χ1n) is 7.08. The lowest BCUT2D eigenvalue weighted by Crippen LogP contribution is -2.30. The van der Waals surface area contributed by atoms with Gasteiger partial charge in [0.15, 0.2) is 5.82 Å². The number of aromatic nitrogens is 3. The van der Waals surface area contributed by atoms with Crippen LogP contribution in [0.1, 0.15) is 29.1 Å². The lowest BCUT2D eigenvalue weighted by molar-refractivity contribution is -0.117. The molecule has 0 fully saturated rings. The van der Waals surface area contributed by atoms with Crippen LogP contribution in [0, 0.1) is 6.92 Å². The summed E-state index contributed by atoms with van der Waals surface area (Å²) in [5, 5.41) is 13.9. The van der Waals surface area contributed by atoms with Gasteiger partial charge in [-0.3, -0.25) is 14.8 Å². The van der Waals surface area contributed by atoms with E-state index in [0.717, 1.165) is 18.5 Å². The van der Waals surface area contributed by atoms with Crippen molar-refractivity contribution in [2.75, 3.05) is 18.9 Å². The monoisotopic (exact) mass is 289 g/mol. The lowest BCUT2D eigenvalue weighted by Gasteiger charge is -2.14. The molecule has 1 amide bonds. The van der Waals surface area contributed by atoms with Crippen LogP contribution < -0.4 is 5.32 Å². The van der Waals surface area contributed by atoms with E-state index < -0.39 is 0 Å². The second-order valence-electron chi connectivity index (χ2n) is 5.52. The maximum Gasteiger partial charge on any atom is 0.239 e. The number of hydrogen-bond acceptors (Lipinski definition) is 5. The summed E-state index contributed by atoms with van der Waals surface area (Å²) in [5.41, 5.74) is 3.63. The molecule has 0 unspecified atom stereocenters. The van der Waals surface area contributed by atoms with Gasteiger partial charge in [0.05, 0.1) is 12.2 Å². The lowest BCUT2D eigenvalue weighted by atomic mass is 10.2. The molecule has 0 bridgehead atoms. The van der Waals surface area contributed by atoms with E-state index in [2.05, 4.69) is 20.7 Å². The third kappa shape index (κ3) is 3.13. The third-order valence-corrected chi connectivity index (χ3v) is 3.62. The fourth-order valence-electron chi connectivity index (χ4n) is 2.68. The summed E-state index contributed by atoms with van der Waals surface area (Å²) >= 11 is 0. The van der Waals surface area contributed by atoms with E-state index in [4.69, 9.17) is 4.52 Å². The topological polar surface area (TPSA) is 87.0 Å². The van der Waals surface area contributed by atoms with Crippen LogP contribution in [0.5, 0.6) is 0 Å². The van der Waals surface area contributed by atoms with Crippen molar-refractivity contribution in [2.24, 2.45) is 0 Å². The van der Waals surface area contributed by atoms with Crippen LogP contribution in [0.25, 0.3) is 0 Å². The van der Waals surface area contributed by atoms with E-state index in [1.54, 1.807) is 13.0 Å². The number of anilines is 1. The molecule has 0 saturated heterocycles. The van der Waals surface area contributed by atoms with Gasteiger partial charge in [-0.1, -0.05) is 5.16 Å². The summed E-state index contributed by atoms with van der Waals surface area (Å²) in [6.07, 6.45) is 3.35. The Morgan fingerprint density at radius 2 is 2.38 bits per heavy atom. The van der Waals surface area contributed by atoms with Crippen molar-refractivity contribution in [3.8, 4) is 0 Å². The number of H-pyrrole nitrogens is 1. The van der Waals surface area contributed by atoms with E-state index in [1.807, 2.05) is 11.9 Å². The molecule has 3 rings (SSSR count). The Balaban J connectivity index is 1.53. The first kappa shape index (κ1) is 13.8. The van der Waals surface area contributed by atoms with Crippen molar-refractivity contribution in [1.82, 2.24) is 20.3 Å². The molecule has 0 saturated carbocycles. The number of carbonyl (C=O) groups is 1. The van der Waals surface area contributed by atoms with Gasteiger partial charge < -0.3 is 9.84 Å². The Morgan fingerprint density at radius 3 is 3.14 bits per heavy atom. The fourth-order valence-corrected chi connectivity index (χ4v) is 2.68. The molecule has 7 heteroatoms. The van der Waals surface area contributed by atoms with Gasteiger partial charge in [-0.15, -0.1) is 0 Å². The van der Waals surface area contributed by atoms with Crippen LogP contribution in [0.3, 0.4) is 0 Å². The van der Waals surface area contributed by atoms with Crippen LogP contribution in [0.2, 0.25) is 0 Å². The molecule has 7 nitrogen and oxygen atoms in total. The van der Waals surface area contributed by atoms with Gasteiger partial charge in [0.25, 0.3) is 0 Å². The van der Waals surface area contributed by atoms with Crippen LogP contribution in [-0.2, 0) is 24.2 Å². The molecular formula is C14H19N5O2. The average Bonchev–Trinajstić information content (AvgIpc) is 3.09. The van der Waals surface area contributed by atoms with Gasteiger partial charge in [0.1, 0.15) is 5.76 Å². The summed E-state index contributed by atoms with van der Waals surface area (Å²) in [5.74, 6) is 1.01. The SMILES string of the molecule is Cc1cc(NC(=O)CN(C)Cc2n[nH]c3c2CCC3)no1. The molecule has 0 aromatic carbocycles. The quantitative estimate of drug-likeness (QED) is 0.865. The van der Waals surface area contributed by atoms with Gasteiger partial charge >= 0.3 is 0 Å². The number of nitrogens with zero attached hydrogens (tertiary/aromatic N) is 3. The molecular weight excluding hydrogens is 270 g/mol. The van der Waals surface area contributed by atoms with Crippen molar-refractivity contribution in [3.63, 3.8) is 0 Å². The number of aryl methyl sites for hydroxylation is 2. The first-order valence-corrected chi connectivity index (χ1v) is 7.08. The number of carbonyl (C=O) groups excluding carboxylic acids is 1. The Hall–Kier alpha value is -2.15. The van der Waals surface area contributed by atoms with E-state index in [1.165, 1.54) is 17.7 Å². The van der Waals surface area contributed by atoms with Gasteiger partial charge in [0.2, 0.25) is 5.91 Å². The maximum atomic E-state index is 11.9. The molecule has 1 aliphatic rings. The van der Waals surface area contributed by atoms with Crippen molar-refractivity contribution >= 4 is 11.7 Å². The minimum atomic E-state index is -0.113. The van der Waals surface area contributed by atoms with Crippen LogP contribution in [0.4, 0.5) is 5.82 Å². The number of nitrogens with one attached hydrogen (secondary N) is 2. The summed E-state index contributed by atoms with van der Waals surface area (Å²) in [4.78, 5) is 13.9. The molecule has 21 heavy (non-hydrogen) atoms. The Morgan fingerprint density at radius 1 is 1.52 bits per heavy atom. The number of amides is 1. The summed E-state index contributed by atoms with van der Waals surface area (Å²) in [7, 11) is 1.91. The number of aromatic amines is 1. The molecule has 2 aromatic heterocycles. The van der Waals surface area contributed by atoms with Crippen LogP contribution in [0.15, 0.2) is 10.6 Å². The molecule has 1 aliphatic carbocycles. The van der Waals surface area contributed by atoms with Gasteiger partial charge in [-0.2, -0.15) is 5.10 Å². The Bertz CT molecular complexity index is 646. The van der Waals surface area contributed by atoms with E-state index in [0.29, 0.717) is 18.1 Å². The smallest absolute Gasteiger partial charge is 0.239 e. The molecule has 0 aliphatic heterocycles. The minimum Gasteiger partial charge on any atom is -0.360 e. The standard InChI is InChI=1S/C14H19N5O2/c1-9-6-13(18-21-9)15-14(20)8-19(2)7-12-10-4-3-5-11(10)16-17-12/h6H,3-5,7-8H2,1-2H3,(H,16,17)(H,15,18,20). The van der Waals surface area contributed by atoms with Crippen molar-refractivity contribution < 1.29 is 9.32 Å². The highest BCUT2D eigenvalue weighted by Gasteiger charge is 2.19. The van der Waals surface area contributed by atoms with Crippen molar-refractivity contribution in [2.45, 2.75) is 32.7 Å². The largest absolute Gasteiger partial charge is 0.360 e. The fraction of sp³-hybridized carbons (Fsp3) is 0.500. The zero-order valence-electron chi connectivity index (χ0n) is 12.3. The Labute approximate surface area is 122 Å². The molecule has 2 heterocycles. The first-order chi connectivity index (χ1) is 10.1. The van der Waals surface area contributed by atoms with Crippen LogP contribution in [-0.4, -0.2) is 39.8 Å². The van der Waals surface area contributed by atoms with Crippen molar-refractivity contribution in [3.05, 3.63) is 28.8 Å². The molecule has 112 valence electrons. The maximum absolute atomic E-state index is 11.9. The van der Waals surface area contributed by atoms with Gasteiger partial charge in [0, 0.05) is 18.3 Å². The predicted molar refractivity (Wildman–Crippen MR) is 76.8 cm³/mol. The summed E-state index contributed by atoms with van der Waals surface area (Å²) in [6.45, 7) is 2.73. The van der Waals surface area contributed by atoms with Crippen LogP contribution >= 0.6 is 0 Å². The Kier molecular flexibility index (Phi) is 3.74. The van der Waals surface area contributed by atoms with E-state index in [-0.39, 0.29) is 12.5 Å². The van der Waals surface area contributed by atoms with Gasteiger partial charge in [-0.25, -0.2) is 0 Å². The zero-order chi connectivity index (χ0) is 14.8. The summed E-state index contributed by atoms with van der Waals surface area (Å²) < 4.78 is 4.91. The molecule has 2 aromatic rings. The minimum absolute atomic E-state index is 0.113. The molecule has 0 radical (unpaired) electrons. The molecule has 2 N–H and O–H groups in total. The van der Waals surface area contributed by atoms with Crippen molar-refractivity contribution in [1.29, 1.82) is 0 Å². The normalized spacial score (nSPS) is 13.7.